The predicted molar refractivity (Wildman–Crippen MR) is 551 cm³/mol. The minimum atomic E-state index is -4.30. The summed E-state index contributed by atoms with van der Waals surface area (Å²) in [6.45, 7) is 52.8. The smallest absolute Gasteiger partial charge is 0.457 e. The molecule has 822 valence electrons. The van der Waals surface area contributed by atoms with E-state index >= 15 is 0 Å². The van der Waals surface area contributed by atoms with E-state index in [9.17, 15) is 83.8 Å². The lowest BCUT2D eigenvalue weighted by Gasteiger charge is -2.43. The summed E-state index contributed by atoms with van der Waals surface area (Å²) in [4.78, 5) is 95.0. The number of esters is 4. The maximum atomic E-state index is 14.5. The van der Waals surface area contributed by atoms with Crippen LogP contribution < -0.4 is 22.9 Å². The number of alkyl halides is 12. The predicted octanol–water partition coefficient (Wildman–Crippen LogP) is 20.5. The quantitative estimate of drug-likeness (QED) is 0.00589. The third kappa shape index (κ3) is 47.8. The minimum absolute atomic E-state index is 0.0173. The summed E-state index contributed by atoms with van der Waals surface area (Å²) in [5, 5.41) is 30.7. The van der Waals surface area contributed by atoms with Gasteiger partial charge < -0.3 is 85.6 Å². The van der Waals surface area contributed by atoms with Crippen LogP contribution in [0.4, 0.5) is 44.7 Å². The standard InChI is InChI=1S/C21H34F2N4O5.C18H39NOSi.C14H24BrF2NO2.C12H27NOSi.C12H25NO.C7H11N3O3.C6H13NO.C4Br2F4O3.C3H7Br/c1-3-11-25(12-4-2)14-5-8-16(9-6-14)31-19(29)21(22,23)32-27-15-7-10-17(18(24)28)26(13-15)20(27)30;1-8-14-19(15-9-2)16-10-12-17(13-11-16)20-21(6,7)18(3,4)5;1-3-9-18(10-4-2)11-5-7-12(8-6-11)20-13(19)14(15,16)17;1-12(2,3)15(4,5)14-11-8-6-10(13)7-9-11;1-3-9-13(10-4-2)11-5-7-12(14)8-6-11;8-6(11)5-2-1-4-3-9(5)7(12)10(4)13;7-5-1-3-6(8)4-2-5;5-3(7,8)1(11)13-2(12)4(6,9)10;1-2-3-4/h14-17H,3-13H2,1-2H3,(H2,24,28);16-17H,8-15H2,1-7H3;11-12H,3-10H2,1-2H3;10-11H,6-9,13H2,1-5H3;11-12,14H,3-10H2,1-2H3;4-5,13H,1-3H2,(H2,8,11);5-6,8H,1-4,7H2;;2-3H2,1H3/t14?,15-,16?,17+;;;;;4-,5+;;;/m1....1.../s1. The number of aliphatic hydroxyl groups is 2. The molecule has 6 aliphatic carbocycles. The van der Waals surface area contributed by atoms with Gasteiger partial charge in [0.1, 0.15) is 24.3 Å². The van der Waals surface area contributed by atoms with Crippen molar-refractivity contribution in [3.63, 3.8) is 0 Å². The van der Waals surface area contributed by atoms with Crippen molar-refractivity contribution in [2.75, 3.05) is 70.8 Å². The fourth-order valence-corrected chi connectivity index (χ4v) is 21.6. The van der Waals surface area contributed by atoms with Crippen LogP contribution in [-0.2, 0) is 56.7 Å². The van der Waals surface area contributed by atoms with Crippen molar-refractivity contribution in [2.45, 2.75) is 495 Å². The van der Waals surface area contributed by atoms with E-state index in [-0.39, 0.29) is 43.7 Å². The summed E-state index contributed by atoms with van der Waals surface area (Å²) in [6, 6.07) is -0.431. The number of carbonyl (C=O) groups excluding carboxylic acids is 8. The second-order valence-corrected chi connectivity index (χ2v) is 55.2. The lowest BCUT2D eigenvalue weighted by Crippen LogP contribution is -2.48. The summed E-state index contributed by atoms with van der Waals surface area (Å²) in [7, 11) is -3.14. The second-order valence-electron chi connectivity index (χ2n) is 41.9. The molecule has 0 aromatic carbocycles. The molecule has 4 saturated heterocycles. The van der Waals surface area contributed by atoms with Crippen LogP contribution in [0.2, 0.25) is 36.3 Å². The molecule has 0 unspecified atom stereocenters. The zero-order valence-electron chi connectivity index (χ0n) is 87.7. The number of piperidine rings is 2. The van der Waals surface area contributed by atoms with Crippen LogP contribution in [0.5, 0.6) is 0 Å². The van der Waals surface area contributed by atoms with E-state index in [0.717, 1.165) is 164 Å². The number of urea groups is 2. The van der Waals surface area contributed by atoms with Crippen LogP contribution in [0.1, 0.15) is 341 Å². The van der Waals surface area contributed by atoms with Gasteiger partial charge in [0.05, 0.1) is 24.3 Å². The van der Waals surface area contributed by atoms with Crippen LogP contribution >= 0.6 is 63.7 Å². The highest BCUT2D eigenvalue weighted by molar-refractivity contribution is 9.10. The van der Waals surface area contributed by atoms with Crippen molar-refractivity contribution < 1.29 is 117 Å². The molecule has 11 N–H and O–H groups in total. The number of ether oxygens (including phenoxy) is 3. The first-order valence-electron chi connectivity index (χ1n) is 51.8. The molecule has 29 nitrogen and oxygen atoms in total. The fraction of sp³-hybridized carbons (Fsp3) is 0.918. The fourth-order valence-electron chi connectivity index (χ4n) is 18.5. The molecule has 0 aromatic rings. The monoisotopic (exact) mass is 2310 g/mol. The average Bonchev–Trinajstić information content (AvgIpc) is 1.62. The van der Waals surface area contributed by atoms with Gasteiger partial charge in [-0.15, -0.1) is 0 Å². The van der Waals surface area contributed by atoms with Gasteiger partial charge in [-0.1, -0.05) is 120 Å². The Bertz CT molecular complexity index is 3470. The summed E-state index contributed by atoms with van der Waals surface area (Å²) < 4.78 is 128. The van der Waals surface area contributed by atoms with E-state index in [1.807, 2.05) is 15.9 Å². The van der Waals surface area contributed by atoms with Crippen molar-refractivity contribution in [1.82, 2.24) is 39.5 Å². The molecule has 10 fully saturated rings. The van der Waals surface area contributed by atoms with E-state index in [4.69, 9.17) is 46.4 Å². The van der Waals surface area contributed by atoms with Gasteiger partial charge in [0.25, 0.3) is 0 Å². The van der Waals surface area contributed by atoms with Crippen molar-refractivity contribution in [2.24, 2.45) is 22.9 Å². The zero-order chi connectivity index (χ0) is 107. The largest absolute Gasteiger partial charge is 0.477 e. The molecule has 6 amide bonds. The summed E-state index contributed by atoms with van der Waals surface area (Å²) in [5.74, 6) is -9.28. The minimum Gasteiger partial charge on any atom is -0.457 e. The first-order chi connectivity index (χ1) is 65.1. The summed E-state index contributed by atoms with van der Waals surface area (Å²) in [6.07, 6.45) is 31.7. The lowest BCUT2D eigenvalue weighted by atomic mass is 9.91. The van der Waals surface area contributed by atoms with Crippen molar-refractivity contribution >= 4 is 128 Å². The van der Waals surface area contributed by atoms with Gasteiger partial charge in [-0.25, -0.2) is 33.8 Å². The highest BCUT2D eigenvalue weighted by atomic mass is 79.9. The summed E-state index contributed by atoms with van der Waals surface area (Å²) in [5.41, 5.74) is 21.9. The molecule has 10 rings (SSSR count). The molecule has 0 spiro atoms. The first kappa shape index (κ1) is 133. The molecule has 140 heavy (non-hydrogen) atoms. The molecule has 43 heteroatoms. The number of carbonyl (C=O) groups is 8. The Morgan fingerprint density at radius 1 is 0.386 bits per heavy atom. The van der Waals surface area contributed by atoms with Gasteiger partial charge in [-0.2, -0.15) is 45.0 Å². The average molecular weight is 2310 g/mol. The molecule has 10 aliphatic rings. The van der Waals surface area contributed by atoms with E-state index in [1.165, 1.54) is 134 Å². The van der Waals surface area contributed by atoms with Crippen LogP contribution in [0.15, 0.2) is 0 Å². The molecule has 4 atom stereocenters. The molecule has 4 bridgehead atoms. The van der Waals surface area contributed by atoms with E-state index in [0.29, 0.717) is 102 Å². The number of aliphatic hydroxyl groups excluding tert-OH is 2. The van der Waals surface area contributed by atoms with E-state index < -0.39 is 109 Å². The highest BCUT2D eigenvalue weighted by Gasteiger charge is 2.56. The van der Waals surface area contributed by atoms with Crippen LogP contribution in [0.3, 0.4) is 0 Å². The Kier molecular flexibility index (Phi) is 61.8. The third-order valence-corrected chi connectivity index (χ3v) is 39.0. The van der Waals surface area contributed by atoms with Gasteiger partial charge in [-0.3, -0.25) is 14.8 Å². The van der Waals surface area contributed by atoms with Crippen LogP contribution in [0.25, 0.3) is 0 Å². The number of amides is 6. The third-order valence-electron chi connectivity index (χ3n) is 28.1. The molecular formula is C97H180Br4F8N12O17Si2. The maximum absolute atomic E-state index is 14.5. The van der Waals surface area contributed by atoms with Gasteiger partial charge in [0, 0.05) is 115 Å². The number of hydroxylamine groups is 4. The van der Waals surface area contributed by atoms with E-state index in [2.05, 4.69) is 175 Å². The maximum Gasteiger partial charge on any atom is 0.477 e. The highest BCUT2D eigenvalue weighted by Crippen LogP contribution is 2.43. The molecule has 0 radical (unpaired) electrons. The number of fused-ring (bicyclic) bond motifs is 4. The van der Waals surface area contributed by atoms with E-state index in [1.54, 1.807) is 0 Å². The lowest BCUT2D eigenvalue weighted by molar-refractivity contribution is -0.331. The SMILES string of the molecule is CC(C)(C)[Si](C)(C)OC1CCC(N)CC1.CCCBr.CCCN(CCC)C1CCC(O)CC1.CCCN(CCC)C1CCC(OC(=O)C(F)(F)Br)CC1.CCCN(CCC)C1CCC(OC(=O)C(F)(F)ON2C(=O)N3C[C@H]2CC[C@H]3C(N)=O)CC1.CCCN(CCC)C1CCC(O[Si](C)(C)C(C)(C)C)CC1.NC(=O)[C@@H]1CC[C@@H]2CN1C(=O)N2O.NC1CCC(O)CC1.O=C(OC(=O)C(F)(F)Br)C(F)(F)Br. The molecule has 6 saturated carbocycles. The van der Waals surface area contributed by atoms with Crippen molar-refractivity contribution in [3.8, 4) is 0 Å². The van der Waals surface area contributed by atoms with Gasteiger partial charge in [-0.05, 0) is 326 Å². The topological polar surface area (TPSA) is 383 Å². The summed E-state index contributed by atoms with van der Waals surface area (Å²) >= 11 is 8.32. The number of nitrogens with two attached hydrogens (primary N) is 4. The van der Waals surface area contributed by atoms with Gasteiger partial charge in [0.2, 0.25) is 11.8 Å². The number of hydrogen-bond donors (Lipinski definition) is 7. The normalized spacial score (nSPS) is 26.2. The number of halogens is 12. The van der Waals surface area contributed by atoms with Crippen molar-refractivity contribution in [1.29, 1.82) is 0 Å². The Hall–Kier alpha value is -3.13. The first-order valence-corrected chi connectivity index (χ1v) is 61.1. The van der Waals surface area contributed by atoms with Gasteiger partial charge >= 0.3 is 56.5 Å². The molecule has 0 aromatic heterocycles. The Morgan fingerprint density at radius 3 is 0.921 bits per heavy atom. The second kappa shape index (κ2) is 65.1. The van der Waals surface area contributed by atoms with Crippen LogP contribution in [-0.4, -0.2) is 308 Å². The molecule has 4 heterocycles. The van der Waals surface area contributed by atoms with Gasteiger partial charge in [0.15, 0.2) is 16.6 Å². The number of hydrogen-bond acceptors (Lipinski definition) is 23. The Labute approximate surface area is 867 Å². The zero-order valence-corrected chi connectivity index (χ0v) is 96.0. The number of primary amides is 2. The Balaban J connectivity index is 0.000000553. The molecular weight excluding hydrogens is 2130 g/mol. The number of nitrogens with zero attached hydrogens (tertiary/aromatic N) is 8. The molecule has 4 aliphatic heterocycles. The van der Waals surface area contributed by atoms with Crippen LogP contribution in [0, 0.1) is 0 Å². The van der Waals surface area contributed by atoms with Crippen molar-refractivity contribution in [3.05, 3.63) is 0 Å². The Morgan fingerprint density at radius 2 is 0.643 bits per heavy atom. The number of rotatable bonds is 35.